The van der Waals surface area contributed by atoms with Gasteiger partial charge in [0.2, 0.25) is 0 Å². The Bertz CT molecular complexity index is 557. The molecule has 0 aromatic heterocycles. The van der Waals surface area contributed by atoms with E-state index in [0.29, 0.717) is 38.7 Å². The number of ether oxygens (including phenoxy) is 1. The van der Waals surface area contributed by atoms with E-state index in [4.69, 9.17) is 4.74 Å². The predicted molar refractivity (Wildman–Crippen MR) is 176 cm³/mol. The van der Waals surface area contributed by atoms with Crippen LogP contribution in [0.15, 0.2) is 0 Å². The molecule has 0 saturated carbocycles. The van der Waals surface area contributed by atoms with Crippen LogP contribution in [0.4, 0.5) is 0 Å². The summed E-state index contributed by atoms with van der Waals surface area (Å²) in [7, 11) is 0. The first kappa shape index (κ1) is 41.3. The number of unbranched alkanes of at least 4 members (excludes halogenated alkanes) is 19. The van der Waals surface area contributed by atoms with Gasteiger partial charge in [0.15, 0.2) is 0 Å². The second-order valence-corrected chi connectivity index (χ2v) is 12.8. The predicted octanol–water partition coefficient (Wildman–Crippen LogP) is 8.94. The molecule has 0 aliphatic carbocycles. The molecule has 0 saturated heterocycles. The first-order valence-electron chi connectivity index (χ1n) is 18.3. The van der Waals surface area contributed by atoms with Gasteiger partial charge in [-0.1, -0.05) is 149 Å². The summed E-state index contributed by atoms with van der Waals surface area (Å²) in [5.74, 6) is -0.100. The molecular weight excluding hydrogens is 528 g/mol. The second-order valence-electron chi connectivity index (χ2n) is 12.8. The monoisotopic (exact) mass is 601 g/mol. The van der Waals surface area contributed by atoms with Crippen LogP contribution in [-0.2, 0) is 9.53 Å². The highest BCUT2D eigenvalue weighted by molar-refractivity contribution is 5.69. The Morgan fingerprint density at radius 3 is 1.07 bits per heavy atom. The van der Waals surface area contributed by atoms with Crippen molar-refractivity contribution in [2.75, 3.05) is 6.61 Å². The van der Waals surface area contributed by atoms with Crippen LogP contribution in [0.3, 0.4) is 0 Å². The summed E-state index contributed by atoms with van der Waals surface area (Å²) in [6.45, 7) is 4.93. The fourth-order valence-electron chi connectivity index (χ4n) is 5.61. The molecule has 0 rings (SSSR count). The summed E-state index contributed by atoms with van der Waals surface area (Å²) < 4.78 is 5.37. The normalized spacial score (nSPS) is 14.5. The number of carbonyl (C=O) groups excluding carboxylic acids is 1. The van der Waals surface area contributed by atoms with Crippen LogP contribution in [0, 0.1) is 0 Å². The Labute approximate surface area is 260 Å². The molecule has 0 aliphatic rings. The third kappa shape index (κ3) is 28.1. The zero-order valence-corrected chi connectivity index (χ0v) is 27.9. The van der Waals surface area contributed by atoms with Gasteiger partial charge in [-0.2, -0.15) is 0 Å². The van der Waals surface area contributed by atoms with Crippen molar-refractivity contribution in [2.24, 2.45) is 0 Å². The highest BCUT2D eigenvalue weighted by Crippen LogP contribution is 2.17. The van der Waals surface area contributed by atoms with Crippen LogP contribution in [0.25, 0.3) is 0 Å². The minimum Gasteiger partial charge on any atom is -0.466 e. The molecule has 252 valence electrons. The maximum atomic E-state index is 11.9. The van der Waals surface area contributed by atoms with E-state index in [-0.39, 0.29) is 5.97 Å². The number of hydrogen-bond donors (Lipinski definition) is 4. The van der Waals surface area contributed by atoms with Gasteiger partial charge in [0.25, 0.3) is 0 Å². The average molecular weight is 601 g/mol. The van der Waals surface area contributed by atoms with Gasteiger partial charge in [-0.3, -0.25) is 4.79 Å². The molecule has 0 fully saturated rings. The van der Waals surface area contributed by atoms with Crippen molar-refractivity contribution < 1.29 is 30.0 Å². The van der Waals surface area contributed by atoms with Crippen molar-refractivity contribution in [1.82, 2.24) is 0 Å². The zero-order chi connectivity index (χ0) is 31.1. The maximum Gasteiger partial charge on any atom is 0.305 e. The SMILES string of the molecule is CCCCCCCCC(O)C(O)CCCCCCCCOC(=O)CCCCCCCC(O)C(O)CCCCCCCC. The molecule has 0 aromatic rings. The molecule has 4 unspecified atom stereocenters. The van der Waals surface area contributed by atoms with Gasteiger partial charge in [-0.05, 0) is 38.5 Å². The van der Waals surface area contributed by atoms with Crippen LogP contribution < -0.4 is 0 Å². The smallest absolute Gasteiger partial charge is 0.305 e. The number of esters is 1. The molecule has 0 bridgehead atoms. The van der Waals surface area contributed by atoms with Gasteiger partial charge >= 0.3 is 5.97 Å². The van der Waals surface area contributed by atoms with E-state index in [9.17, 15) is 25.2 Å². The zero-order valence-electron chi connectivity index (χ0n) is 27.9. The van der Waals surface area contributed by atoms with Gasteiger partial charge in [0, 0.05) is 6.42 Å². The van der Waals surface area contributed by atoms with Crippen molar-refractivity contribution in [3.8, 4) is 0 Å². The molecule has 0 spiro atoms. The Morgan fingerprint density at radius 2 is 0.714 bits per heavy atom. The Kier molecular flexibility index (Phi) is 31.2. The lowest BCUT2D eigenvalue weighted by atomic mass is 9.99. The van der Waals surface area contributed by atoms with E-state index >= 15 is 0 Å². The lowest BCUT2D eigenvalue weighted by Gasteiger charge is -2.17. The number of hydrogen-bond acceptors (Lipinski definition) is 6. The largest absolute Gasteiger partial charge is 0.466 e. The molecule has 42 heavy (non-hydrogen) atoms. The molecule has 0 amide bonds. The van der Waals surface area contributed by atoms with E-state index in [2.05, 4.69) is 13.8 Å². The van der Waals surface area contributed by atoms with Crippen LogP contribution in [-0.4, -0.2) is 57.4 Å². The van der Waals surface area contributed by atoms with Gasteiger partial charge < -0.3 is 25.2 Å². The first-order valence-corrected chi connectivity index (χ1v) is 18.3. The molecule has 0 radical (unpaired) electrons. The molecule has 0 aromatic carbocycles. The summed E-state index contributed by atoms with van der Waals surface area (Å²) in [5.41, 5.74) is 0. The number of aliphatic hydroxyl groups excluding tert-OH is 4. The number of carbonyl (C=O) groups is 1. The minimum atomic E-state index is -0.609. The average Bonchev–Trinajstić information content (AvgIpc) is 2.98. The van der Waals surface area contributed by atoms with Crippen molar-refractivity contribution in [1.29, 1.82) is 0 Å². The Balaban J connectivity index is 3.46. The van der Waals surface area contributed by atoms with Crippen molar-refractivity contribution in [3.05, 3.63) is 0 Å². The quantitative estimate of drug-likeness (QED) is 0.0442. The second kappa shape index (κ2) is 31.7. The molecule has 4 atom stereocenters. The molecule has 0 aliphatic heterocycles. The highest BCUT2D eigenvalue weighted by atomic mass is 16.5. The van der Waals surface area contributed by atoms with E-state index in [1.807, 2.05) is 0 Å². The lowest BCUT2D eigenvalue weighted by Crippen LogP contribution is -2.25. The molecule has 4 N–H and O–H groups in total. The van der Waals surface area contributed by atoms with Crippen molar-refractivity contribution >= 4 is 5.97 Å². The van der Waals surface area contributed by atoms with Crippen LogP contribution in [0.5, 0.6) is 0 Å². The summed E-state index contributed by atoms with van der Waals surface area (Å²) in [6.07, 6.45) is 26.2. The maximum absolute atomic E-state index is 11.9. The van der Waals surface area contributed by atoms with Crippen LogP contribution in [0.2, 0.25) is 0 Å². The third-order valence-electron chi connectivity index (χ3n) is 8.63. The Morgan fingerprint density at radius 1 is 0.429 bits per heavy atom. The summed E-state index contributed by atoms with van der Waals surface area (Å²) in [6, 6.07) is 0. The fourth-order valence-corrected chi connectivity index (χ4v) is 5.61. The Hall–Kier alpha value is -0.690. The van der Waals surface area contributed by atoms with Gasteiger partial charge in [0.05, 0.1) is 31.0 Å². The van der Waals surface area contributed by atoms with E-state index in [1.54, 1.807) is 0 Å². The summed E-state index contributed by atoms with van der Waals surface area (Å²) in [5, 5.41) is 40.6. The van der Waals surface area contributed by atoms with Crippen LogP contribution >= 0.6 is 0 Å². The highest BCUT2D eigenvalue weighted by Gasteiger charge is 2.16. The number of rotatable bonds is 33. The first-order chi connectivity index (χ1) is 20.4. The van der Waals surface area contributed by atoms with Crippen molar-refractivity contribution in [3.63, 3.8) is 0 Å². The molecule has 6 nitrogen and oxygen atoms in total. The molecular formula is C36H72O6. The fraction of sp³-hybridized carbons (Fsp3) is 0.972. The standard InChI is InChI=1S/C36H72O6/c1-3-5-7-9-14-20-26-32(37)34(39)28-22-16-11-12-19-25-31-42-36(41)30-24-18-13-17-23-29-35(40)33(38)27-21-15-10-8-6-4-2/h32-35,37-40H,3-31H2,1-2H3. The number of aliphatic hydroxyl groups is 4. The van der Waals surface area contributed by atoms with E-state index < -0.39 is 24.4 Å². The van der Waals surface area contributed by atoms with Crippen molar-refractivity contribution in [2.45, 2.75) is 218 Å². The van der Waals surface area contributed by atoms with E-state index in [1.165, 1.54) is 51.4 Å². The third-order valence-corrected chi connectivity index (χ3v) is 8.63. The van der Waals surface area contributed by atoms with Gasteiger partial charge in [-0.25, -0.2) is 0 Å². The summed E-state index contributed by atoms with van der Waals surface area (Å²) >= 11 is 0. The van der Waals surface area contributed by atoms with E-state index in [0.717, 1.165) is 96.3 Å². The van der Waals surface area contributed by atoms with Crippen LogP contribution in [0.1, 0.15) is 194 Å². The summed E-state index contributed by atoms with van der Waals surface area (Å²) in [4.78, 5) is 11.9. The van der Waals surface area contributed by atoms with Gasteiger partial charge in [0.1, 0.15) is 0 Å². The lowest BCUT2D eigenvalue weighted by molar-refractivity contribution is -0.143. The molecule has 6 heteroatoms. The minimum absolute atomic E-state index is 0.100. The van der Waals surface area contributed by atoms with Gasteiger partial charge in [-0.15, -0.1) is 0 Å². The topological polar surface area (TPSA) is 107 Å². The molecule has 0 heterocycles.